The van der Waals surface area contributed by atoms with Crippen molar-refractivity contribution < 1.29 is 0 Å². The molecule has 90 valence electrons. The lowest BCUT2D eigenvalue weighted by molar-refractivity contribution is 1.42. The summed E-state index contributed by atoms with van der Waals surface area (Å²) < 4.78 is 0. The maximum atomic E-state index is 2.86. The fourth-order valence-corrected chi connectivity index (χ4v) is 1.65. The molecule has 3 rings (SSSR count). The molecule has 1 nitrogen and oxygen atoms in total. The van der Waals surface area contributed by atoms with E-state index in [4.69, 9.17) is 0 Å². The Kier molecular flexibility index (Phi) is 4.37. The Hall–Kier alpha value is -2.28. The van der Waals surface area contributed by atoms with Gasteiger partial charge in [0.25, 0.3) is 0 Å². The van der Waals surface area contributed by atoms with Gasteiger partial charge in [0.05, 0.1) is 0 Å². The highest BCUT2D eigenvalue weighted by Crippen LogP contribution is 2.18. The summed E-state index contributed by atoms with van der Waals surface area (Å²) in [4.78, 5) is 2.86. The third-order valence-electron chi connectivity index (χ3n) is 2.65. The first-order valence-electron chi connectivity index (χ1n) is 6.06. The second-order valence-corrected chi connectivity index (χ2v) is 4.12. The lowest BCUT2D eigenvalue weighted by Crippen LogP contribution is -1.76. The van der Waals surface area contributed by atoms with Crippen molar-refractivity contribution in [1.82, 2.24) is 4.98 Å². The highest BCUT2D eigenvalue weighted by Gasteiger charge is 1.93. The number of nitrogens with one attached hydrogen (secondary N) is 1. The van der Waals surface area contributed by atoms with E-state index in [-0.39, 0.29) is 0 Å². The lowest BCUT2D eigenvalue weighted by atomic mass is 10.0. The van der Waals surface area contributed by atoms with Gasteiger partial charge in [0.2, 0.25) is 0 Å². The number of aromatic nitrogens is 1. The summed E-state index contributed by atoms with van der Waals surface area (Å²) in [6.07, 6.45) is 3.75. The molecule has 0 aliphatic heterocycles. The van der Waals surface area contributed by atoms with Gasteiger partial charge in [0.1, 0.15) is 0 Å². The van der Waals surface area contributed by atoms with Crippen molar-refractivity contribution in [1.29, 1.82) is 0 Å². The molecule has 1 heteroatoms. The third-order valence-corrected chi connectivity index (χ3v) is 2.65. The average molecular weight is 235 g/mol. The average Bonchev–Trinajstić information content (AvgIpc) is 3.00. The molecule has 0 aliphatic carbocycles. The highest BCUT2D eigenvalue weighted by molar-refractivity contribution is 5.63. The minimum absolute atomic E-state index is 1.28. The summed E-state index contributed by atoms with van der Waals surface area (Å²) in [7, 11) is 0. The van der Waals surface area contributed by atoms with Crippen molar-refractivity contribution in [3.63, 3.8) is 0 Å². The Morgan fingerprint density at radius 3 is 1.67 bits per heavy atom. The molecule has 1 aromatic heterocycles. The molecule has 0 spiro atoms. The molecular weight excluding hydrogens is 218 g/mol. The number of hydrogen-bond acceptors (Lipinski definition) is 0. The first-order chi connectivity index (χ1) is 8.86. The molecule has 1 heterocycles. The van der Waals surface area contributed by atoms with Crippen LogP contribution < -0.4 is 0 Å². The first-order valence-corrected chi connectivity index (χ1v) is 6.06. The molecule has 0 radical (unpaired) electrons. The van der Waals surface area contributed by atoms with E-state index in [1.165, 1.54) is 16.7 Å². The zero-order chi connectivity index (χ0) is 12.6. The van der Waals surface area contributed by atoms with Crippen LogP contribution >= 0.6 is 0 Å². The van der Waals surface area contributed by atoms with Crippen LogP contribution in [-0.4, -0.2) is 4.98 Å². The number of aromatic amines is 1. The van der Waals surface area contributed by atoms with E-state index in [9.17, 15) is 0 Å². The summed E-state index contributed by atoms with van der Waals surface area (Å²) in [5, 5.41) is 0. The zero-order valence-electron chi connectivity index (χ0n) is 10.5. The molecule has 0 atom stereocenters. The van der Waals surface area contributed by atoms with E-state index in [0.717, 1.165) is 0 Å². The standard InChI is InChI=1S/C13H12.C4H5N/c1-11-7-9-13(10-8-11)12-5-3-2-4-6-12;1-2-4-5-3-1/h2-10H,1H3;1-5H. The highest BCUT2D eigenvalue weighted by atomic mass is 14.6. The number of benzene rings is 2. The molecule has 0 amide bonds. The van der Waals surface area contributed by atoms with Crippen molar-refractivity contribution in [2.45, 2.75) is 6.92 Å². The monoisotopic (exact) mass is 235 g/mol. The lowest BCUT2D eigenvalue weighted by Gasteiger charge is -2.00. The molecule has 0 bridgehead atoms. The Morgan fingerprint density at radius 1 is 0.611 bits per heavy atom. The topological polar surface area (TPSA) is 15.8 Å². The summed E-state index contributed by atoms with van der Waals surface area (Å²) in [6.45, 7) is 2.11. The number of H-pyrrole nitrogens is 1. The van der Waals surface area contributed by atoms with E-state index in [1.54, 1.807) is 0 Å². The number of hydrogen-bond donors (Lipinski definition) is 1. The van der Waals surface area contributed by atoms with Crippen molar-refractivity contribution in [3.8, 4) is 11.1 Å². The Bertz CT molecular complexity index is 519. The fourth-order valence-electron chi connectivity index (χ4n) is 1.65. The predicted octanol–water partition coefficient (Wildman–Crippen LogP) is 4.68. The molecule has 3 aromatic rings. The fraction of sp³-hybridized carbons (Fsp3) is 0.0588. The van der Waals surface area contributed by atoms with Gasteiger partial charge in [-0.3, -0.25) is 0 Å². The maximum absolute atomic E-state index is 2.86. The molecule has 0 unspecified atom stereocenters. The first kappa shape index (κ1) is 12.2. The van der Waals surface area contributed by atoms with E-state index >= 15 is 0 Å². The van der Waals surface area contributed by atoms with Crippen LogP contribution in [0.15, 0.2) is 79.1 Å². The van der Waals surface area contributed by atoms with Gasteiger partial charge in [-0.2, -0.15) is 0 Å². The quantitative estimate of drug-likeness (QED) is 0.630. The smallest absolute Gasteiger partial charge is 0.000496 e. The molecule has 18 heavy (non-hydrogen) atoms. The van der Waals surface area contributed by atoms with Gasteiger partial charge in [-0.05, 0) is 30.2 Å². The molecule has 0 fully saturated rings. The van der Waals surface area contributed by atoms with Gasteiger partial charge in [0, 0.05) is 12.4 Å². The third kappa shape index (κ3) is 3.63. The Labute approximate surface area is 108 Å². The number of rotatable bonds is 1. The van der Waals surface area contributed by atoms with Crippen molar-refractivity contribution in [2.75, 3.05) is 0 Å². The van der Waals surface area contributed by atoms with Gasteiger partial charge in [-0.15, -0.1) is 0 Å². The van der Waals surface area contributed by atoms with Gasteiger partial charge in [-0.1, -0.05) is 60.2 Å². The largest absolute Gasteiger partial charge is 0.368 e. The van der Waals surface area contributed by atoms with E-state index in [0.29, 0.717) is 0 Å². The summed E-state index contributed by atoms with van der Waals surface area (Å²) in [6, 6.07) is 22.9. The van der Waals surface area contributed by atoms with Crippen LogP contribution in [-0.2, 0) is 0 Å². The molecular formula is C17H17N. The van der Waals surface area contributed by atoms with Gasteiger partial charge in [-0.25, -0.2) is 0 Å². The van der Waals surface area contributed by atoms with Crippen LogP contribution in [0.5, 0.6) is 0 Å². The molecule has 0 saturated carbocycles. The van der Waals surface area contributed by atoms with E-state index < -0.39 is 0 Å². The van der Waals surface area contributed by atoms with Crippen LogP contribution in [0.25, 0.3) is 11.1 Å². The van der Waals surface area contributed by atoms with Gasteiger partial charge >= 0.3 is 0 Å². The Morgan fingerprint density at radius 2 is 1.17 bits per heavy atom. The Balaban J connectivity index is 0.000000202. The van der Waals surface area contributed by atoms with Gasteiger partial charge in [0.15, 0.2) is 0 Å². The zero-order valence-corrected chi connectivity index (χ0v) is 10.5. The van der Waals surface area contributed by atoms with E-state index in [1.807, 2.05) is 30.6 Å². The van der Waals surface area contributed by atoms with Gasteiger partial charge < -0.3 is 4.98 Å². The molecule has 2 aromatic carbocycles. The second-order valence-electron chi connectivity index (χ2n) is 4.12. The van der Waals surface area contributed by atoms with Crippen molar-refractivity contribution in [2.24, 2.45) is 0 Å². The van der Waals surface area contributed by atoms with Crippen LogP contribution in [0, 0.1) is 6.92 Å². The summed E-state index contributed by atoms with van der Waals surface area (Å²) in [5.74, 6) is 0. The minimum atomic E-state index is 1.28. The molecule has 0 aliphatic rings. The van der Waals surface area contributed by atoms with Crippen LogP contribution in [0.2, 0.25) is 0 Å². The van der Waals surface area contributed by atoms with Crippen LogP contribution in [0.4, 0.5) is 0 Å². The SMILES string of the molecule is Cc1ccc(-c2ccccc2)cc1.c1cc[nH]c1. The van der Waals surface area contributed by atoms with E-state index in [2.05, 4.69) is 60.4 Å². The second kappa shape index (κ2) is 6.45. The maximum Gasteiger partial charge on any atom is 0.000496 e. The minimum Gasteiger partial charge on any atom is -0.368 e. The van der Waals surface area contributed by atoms with Crippen molar-refractivity contribution in [3.05, 3.63) is 84.7 Å². The van der Waals surface area contributed by atoms with Crippen LogP contribution in [0.3, 0.4) is 0 Å². The normalized spacial score (nSPS) is 9.39. The summed E-state index contributed by atoms with van der Waals surface area (Å²) in [5.41, 5.74) is 3.87. The van der Waals surface area contributed by atoms with Crippen LogP contribution in [0.1, 0.15) is 5.56 Å². The number of aryl methyl sites for hydroxylation is 1. The van der Waals surface area contributed by atoms with Crippen molar-refractivity contribution >= 4 is 0 Å². The summed E-state index contributed by atoms with van der Waals surface area (Å²) >= 11 is 0. The molecule has 0 saturated heterocycles. The predicted molar refractivity (Wildman–Crippen MR) is 77.4 cm³/mol. The molecule has 1 N–H and O–H groups in total.